The Morgan fingerprint density at radius 1 is 1.08 bits per heavy atom. The highest BCUT2D eigenvalue weighted by Crippen LogP contribution is 2.34. The quantitative estimate of drug-likeness (QED) is 0.352. The minimum Gasteiger partial charge on any atom is -0.609 e. The van der Waals surface area contributed by atoms with Crippen molar-refractivity contribution in [2.75, 3.05) is 42.2 Å². The van der Waals surface area contributed by atoms with Gasteiger partial charge in [0.2, 0.25) is 0 Å². The Kier molecular flexibility index (Phi) is 7.42. The number of ether oxygens (including phenoxy) is 1. The predicted octanol–water partition coefficient (Wildman–Crippen LogP) is 4.77. The molecule has 0 aliphatic carbocycles. The minimum atomic E-state index is -1.31. The average molecular weight is 536 g/mol. The molecule has 0 N–H and O–H groups in total. The monoisotopic (exact) mass is 535 g/mol. The maximum absolute atomic E-state index is 12.9. The van der Waals surface area contributed by atoms with E-state index in [0.29, 0.717) is 31.3 Å². The zero-order chi connectivity index (χ0) is 27.0. The Labute approximate surface area is 228 Å². The molecule has 8 nitrogen and oxygen atoms in total. The highest BCUT2D eigenvalue weighted by molar-refractivity contribution is 7.90. The van der Waals surface area contributed by atoms with Gasteiger partial charge >= 0.3 is 11.2 Å². The lowest BCUT2D eigenvalue weighted by Crippen LogP contribution is -2.56. The van der Waals surface area contributed by atoms with Crippen LogP contribution in [0.25, 0.3) is 10.8 Å². The van der Waals surface area contributed by atoms with Crippen molar-refractivity contribution in [3.63, 3.8) is 0 Å². The molecule has 2 aliphatic heterocycles. The van der Waals surface area contributed by atoms with Crippen LogP contribution in [0.15, 0.2) is 47.6 Å². The molecule has 3 heterocycles. The Morgan fingerprint density at radius 3 is 2.58 bits per heavy atom. The Bertz CT molecular complexity index is 1320. The first-order chi connectivity index (χ1) is 18.1. The highest BCUT2D eigenvalue weighted by Gasteiger charge is 2.35. The first kappa shape index (κ1) is 26.6. The first-order valence-corrected chi connectivity index (χ1v) is 14.9. The lowest BCUT2D eigenvalue weighted by atomic mass is 10.0. The van der Waals surface area contributed by atoms with Gasteiger partial charge < -0.3 is 24.0 Å². The fourth-order valence-corrected chi connectivity index (χ4v) is 5.88. The van der Waals surface area contributed by atoms with E-state index in [1.165, 1.54) is 16.5 Å². The third-order valence-electron chi connectivity index (χ3n) is 7.27. The summed E-state index contributed by atoms with van der Waals surface area (Å²) < 4.78 is 18.2. The highest BCUT2D eigenvalue weighted by atomic mass is 32.2. The van der Waals surface area contributed by atoms with Crippen LogP contribution in [0.4, 0.5) is 16.3 Å². The van der Waals surface area contributed by atoms with Crippen LogP contribution >= 0.6 is 0 Å². The first-order valence-electron chi connectivity index (χ1n) is 13.3. The van der Waals surface area contributed by atoms with Crippen molar-refractivity contribution in [2.45, 2.75) is 63.9 Å². The topological polar surface area (TPSA) is 84.9 Å². The SMILES string of the molecule is CCC1CN(c2nc([S+](C)[O-])nc3c2CCN(c2cccc4ccccc24)C3)CCN1C(=O)OC(C)(C)C. The standard InChI is InChI=1S/C29H37N5O3S/c1-6-21-18-33(16-17-34(21)28(35)37-29(2,3)4)26-23-14-15-32(19-24(23)30-27(31-26)38(5)36)25-13-9-11-20-10-7-8-12-22(20)25/h7-13,21H,6,14-19H2,1-5H3. The molecule has 5 rings (SSSR count). The van der Waals surface area contributed by atoms with Gasteiger partial charge in [-0.15, -0.1) is 0 Å². The van der Waals surface area contributed by atoms with E-state index in [1.807, 2.05) is 25.7 Å². The molecule has 9 heteroatoms. The number of benzene rings is 2. The van der Waals surface area contributed by atoms with Crippen LogP contribution < -0.4 is 9.80 Å². The van der Waals surface area contributed by atoms with E-state index in [-0.39, 0.29) is 12.1 Å². The van der Waals surface area contributed by atoms with Crippen LogP contribution in [0.2, 0.25) is 0 Å². The third-order valence-corrected chi connectivity index (χ3v) is 7.97. The molecule has 3 aromatic rings. The normalized spacial score (nSPS) is 18.9. The van der Waals surface area contributed by atoms with Gasteiger partial charge in [0.05, 0.1) is 18.3 Å². The van der Waals surface area contributed by atoms with Crippen molar-refractivity contribution in [3.8, 4) is 0 Å². The number of carbonyl (C=O) groups excluding carboxylic acids is 1. The summed E-state index contributed by atoms with van der Waals surface area (Å²) in [5, 5.41) is 2.79. The number of carbonyl (C=O) groups is 1. The average Bonchev–Trinajstić information content (AvgIpc) is 2.90. The Morgan fingerprint density at radius 2 is 1.84 bits per heavy atom. The fraction of sp³-hybridized carbons (Fsp3) is 0.483. The van der Waals surface area contributed by atoms with E-state index in [2.05, 4.69) is 59.2 Å². The summed E-state index contributed by atoms with van der Waals surface area (Å²) in [6.45, 7) is 11.1. The number of rotatable bonds is 4. The number of fused-ring (bicyclic) bond motifs is 2. The number of amides is 1. The zero-order valence-electron chi connectivity index (χ0n) is 22.9. The summed E-state index contributed by atoms with van der Waals surface area (Å²) in [5.41, 5.74) is 2.71. The second kappa shape index (κ2) is 10.6. The molecule has 1 amide bonds. The number of aromatic nitrogens is 2. The van der Waals surface area contributed by atoms with E-state index in [9.17, 15) is 9.35 Å². The molecule has 2 atom stereocenters. The van der Waals surface area contributed by atoms with Gasteiger partial charge in [-0.3, -0.25) is 0 Å². The molecule has 38 heavy (non-hydrogen) atoms. The maximum atomic E-state index is 12.9. The molecule has 0 saturated carbocycles. The van der Waals surface area contributed by atoms with E-state index in [4.69, 9.17) is 14.7 Å². The van der Waals surface area contributed by atoms with Crippen molar-refractivity contribution >= 4 is 39.5 Å². The predicted molar refractivity (Wildman–Crippen MR) is 152 cm³/mol. The Hall–Kier alpha value is -3.04. The molecule has 0 radical (unpaired) electrons. The molecular weight excluding hydrogens is 498 g/mol. The second-order valence-corrected chi connectivity index (χ2v) is 12.3. The summed E-state index contributed by atoms with van der Waals surface area (Å²) >= 11 is -1.31. The summed E-state index contributed by atoms with van der Waals surface area (Å²) in [6, 6.07) is 14.8. The maximum Gasteiger partial charge on any atom is 0.410 e. The van der Waals surface area contributed by atoms with Crippen molar-refractivity contribution in [1.82, 2.24) is 14.9 Å². The summed E-state index contributed by atoms with van der Waals surface area (Å²) in [6.07, 6.45) is 2.97. The molecular formula is C29H37N5O3S. The number of piperazine rings is 1. The van der Waals surface area contributed by atoms with Gasteiger partial charge in [-0.1, -0.05) is 43.3 Å². The van der Waals surface area contributed by atoms with Crippen molar-refractivity contribution in [2.24, 2.45) is 0 Å². The van der Waals surface area contributed by atoms with E-state index in [0.717, 1.165) is 36.5 Å². The van der Waals surface area contributed by atoms with E-state index in [1.54, 1.807) is 6.26 Å². The van der Waals surface area contributed by atoms with Crippen LogP contribution in [-0.4, -0.2) is 69.6 Å². The number of anilines is 2. The van der Waals surface area contributed by atoms with Gasteiger partial charge in [-0.25, -0.2) is 4.79 Å². The van der Waals surface area contributed by atoms with Gasteiger partial charge in [0.15, 0.2) is 0 Å². The number of nitrogens with zero attached hydrogens (tertiary/aromatic N) is 5. The third kappa shape index (κ3) is 5.40. The van der Waals surface area contributed by atoms with E-state index >= 15 is 0 Å². The van der Waals surface area contributed by atoms with Crippen LogP contribution in [-0.2, 0) is 28.9 Å². The molecule has 0 spiro atoms. The van der Waals surface area contributed by atoms with E-state index < -0.39 is 16.8 Å². The summed E-state index contributed by atoms with van der Waals surface area (Å²) in [7, 11) is 0. The summed E-state index contributed by atoms with van der Waals surface area (Å²) in [4.78, 5) is 28.9. The molecule has 1 fully saturated rings. The molecule has 1 saturated heterocycles. The van der Waals surface area contributed by atoms with Crippen molar-refractivity contribution < 1.29 is 14.1 Å². The van der Waals surface area contributed by atoms with Gasteiger partial charge in [-0.2, -0.15) is 9.97 Å². The van der Waals surface area contributed by atoms with Crippen LogP contribution in [0.3, 0.4) is 0 Å². The lowest BCUT2D eigenvalue weighted by Gasteiger charge is -2.43. The Balaban J connectivity index is 1.44. The molecule has 0 bridgehead atoms. The van der Waals surface area contributed by atoms with Gasteiger partial charge in [0.25, 0.3) is 0 Å². The van der Waals surface area contributed by atoms with Crippen molar-refractivity contribution in [1.29, 1.82) is 0 Å². The smallest absolute Gasteiger partial charge is 0.410 e. The minimum absolute atomic E-state index is 0.00978. The summed E-state index contributed by atoms with van der Waals surface area (Å²) in [5.74, 6) is 0.861. The second-order valence-electron chi connectivity index (χ2n) is 11.1. The fourth-order valence-electron chi connectivity index (χ4n) is 5.43. The van der Waals surface area contributed by atoms with Gasteiger partial charge in [0, 0.05) is 54.0 Å². The van der Waals surface area contributed by atoms with Crippen LogP contribution in [0.5, 0.6) is 0 Å². The van der Waals surface area contributed by atoms with Gasteiger partial charge in [-0.05, 0) is 45.1 Å². The lowest BCUT2D eigenvalue weighted by molar-refractivity contribution is 0.0136. The number of hydrogen-bond acceptors (Lipinski definition) is 7. The zero-order valence-corrected chi connectivity index (χ0v) is 23.8. The number of hydrogen-bond donors (Lipinski definition) is 0. The van der Waals surface area contributed by atoms with Crippen LogP contribution in [0.1, 0.15) is 45.4 Å². The molecule has 2 aliphatic rings. The molecule has 2 unspecified atom stereocenters. The van der Waals surface area contributed by atoms with Crippen molar-refractivity contribution in [3.05, 3.63) is 53.7 Å². The molecule has 202 valence electrons. The van der Waals surface area contributed by atoms with Gasteiger partial charge in [0.1, 0.15) is 17.7 Å². The largest absolute Gasteiger partial charge is 0.609 e. The molecule has 2 aromatic carbocycles. The molecule has 1 aromatic heterocycles. The van der Waals surface area contributed by atoms with Crippen LogP contribution in [0, 0.1) is 0 Å².